The second-order valence-electron chi connectivity index (χ2n) is 11.5. The van der Waals surface area contributed by atoms with E-state index in [0.29, 0.717) is 58.7 Å². The molecule has 230 valence electrons. The van der Waals surface area contributed by atoms with Gasteiger partial charge >= 0.3 is 5.97 Å². The number of hydrogen-bond acceptors (Lipinski definition) is 8. The Labute approximate surface area is 257 Å². The van der Waals surface area contributed by atoms with Crippen molar-refractivity contribution >= 4 is 45.5 Å². The molecule has 0 aromatic heterocycles. The minimum Gasteiger partial charge on any atom is -0.465 e. The molecule has 4 fully saturated rings. The van der Waals surface area contributed by atoms with Gasteiger partial charge < -0.3 is 24.4 Å². The van der Waals surface area contributed by atoms with E-state index in [0.717, 1.165) is 45.3 Å². The van der Waals surface area contributed by atoms with Gasteiger partial charge in [-0.3, -0.25) is 19.3 Å². The van der Waals surface area contributed by atoms with Crippen molar-refractivity contribution in [3.8, 4) is 0 Å². The third kappa shape index (κ3) is 7.06. The van der Waals surface area contributed by atoms with Gasteiger partial charge in [0.2, 0.25) is 11.8 Å². The van der Waals surface area contributed by atoms with E-state index in [-0.39, 0.29) is 34.5 Å². The maximum atomic E-state index is 14.5. The van der Waals surface area contributed by atoms with Gasteiger partial charge in [-0.2, -0.15) is 0 Å². The Morgan fingerprint density at radius 1 is 1.15 bits per heavy atom. The summed E-state index contributed by atoms with van der Waals surface area (Å²) in [6, 6.07) is -0.654. The fraction of sp³-hybridized carbons (Fsp3) is 0.767. The Morgan fingerprint density at radius 3 is 2.63 bits per heavy atom. The minimum absolute atomic E-state index is 0.0145. The maximum Gasteiger partial charge on any atom is 0.310 e. The predicted octanol–water partition coefficient (Wildman–Crippen LogP) is 2.86. The average Bonchev–Trinajstić information content (AvgIpc) is 3.56. The number of unbranched alkanes of at least 4 members (excludes halogenated alkanes) is 4. The van der Waals surface area contributed by atoms with E-state index < -0.39 is 22.6 Å². The van der Waals surface area contributed by atoms with E-state index in [1.807, 2.05) is 11.0 Å². The van der Waals surface area contributed by atoms with E-state index in [4.69, 9.17) is 9.47 Å². The molecule has 0 aromatic rings. The van der Waals surface area contributed by atoms with Crippen molar-refractivity contribution in [2.45, 2.75) is 65.8 Å². The molecular weight excluding hydrogens is 610 g/mol. The summed E-state index contributed by atoms with van der Waals surface area (Å²) in [4.78, 5) is 48.1. The van der Waals surface area contributed by atoms with Crippen LogP contribution in [0.15, 0.2) is 25.3 Å². The number of nitrogens with zero attached hydrogens (tertiary/aromatic N) is 3. The summed E-state index contributed by atoms with van der Waals surface area (Å²) in [6.45, 7) is 13.2. The van der Waals surface area contributed by atoms with Crippen LogP contribution >= 0.6 is 27.7 Å². The first-order valence-electron chi connectivity index (χ1n) is 15.1. The van der Waals surface area contributed by atoms with Gasteiger partial charge in [0.1, 0.15) is 6.04 Å². The number of carbonyl (C=O) groups is 3. The highest BCUT2D eigenvalue weighted by atomic mass is 79.9. The highest BCUT2D eigenvalue weighted by Crippen LogP contribution is 2.68. The zero-order valence-corrected chi connectivity index (χ0v) is 26.5. The van der Waals surface area contributed by atoms with Gasteiger partial charge in [-0.25, -0.2) is 0 Å². The van der Waals surface area contributed by atoms with Crippen molar-refractivity contribution in [1.29, 1.82) is 0 Å². The number of allylic oxidation sites excluding steroid dienone is 1. The van der Waals surface area contributed by atoms with Gasteiger partial charge in [-0.15, -0.1) is 24.9 Å². The van der Waals surface area contributed by atoms with Gasteiger partial charge in [0.05, 0.1) is 36.4 Å². The van der Waals surface area contributed by atoms with E-state index in [2.05, 4.69) is 34.0 Å². The summed E-state index contributed by atoms with van der Waals surface area (Å²) in [5.41, 5.74) is 0. The number of likely N-dealkylation sites (tertiary alicyclic amines) is 1. The van der Waals surface area contributed by atoms with Crippen molar-refractivity contribution in [1.82, 2.24) is 14.7 Å². The number of alkyl halides is 1. The molecule has 4 rings (SSSR count). The first kappa shape index (κ1) is 32.5. The molecule has 11 heteroatoms. The number of carbonyl (C=O) groups excluding carboxylic acids is 3. The van der Waals surface area contributed by atoms with E-state index in [1.165, 1.54) is 0 Å². The van der Waals surface area contributed by atoms with Crippen molar-refractivity contribution in [3.05, 3.63) is 25.3 Å². The SMILES string of the molecule is C=CCCCCOC(=O)[C@H]1[C@@H]2SC3(CC2Br)C(C(=O)N(CC=C)CCN2CCOCC2)N(CCCCCO)C(=O)[C@H]13. The van der Waals surface area contributed by atoms with Crippen LogP contribution in [-0.4, -0.2) is 124 Å². The van der Waals surface area contributed by atoms with Crippen LogP contribution in [0.2, 0.25) is 0 Å². The third-order valence-electron chi connectivity index (χ3n) is 8.85. The summed E-state index contributed by atoms with van der Waals surface area (Å²) in [5, 5.41) is 9.17. The molecule has 9 nitrogen and oxygen atoms in total. The number of amides is 2. The second kappa shape index (κ2) is 15.4. The van der Waals surface area contributed by atoms with Crippen LogP contribution < -0.4 is 0 Å². The summed E-state index contributed by atoms with van der Waals surface area (Å²) < 4.78 is 10.5. The quantitative estimate of drug-likeness (QED) is 0.111. The molecule has 0 saturated carbocycles. The molecule has 4 heterocycles. The number of rotatable bonds is 17. The van der Waals surface area contributed by atoms with E-state index in [1.54, 1.807) is 22.7 Å². The molecule has 3 unspecified atom stereocenters. The second-order valence-corrected chi connectivity index (χ2v) is 14.2. The average molecular weight is 657 g/mol. The van der Waals surface area contributed by atoms with Crippen molar-refractivity contribution in [2.24, 2.45) is 11.8 Å². The van der Waals surface area contributed by atoms with Crippen molar-refractivity contribution in [3.63, 3.8) is 0 Å². The number of morpholine rings is 1. The monoisotopic (exact) mass is 655 g/mol. The van der Waals surface area contributed by atoms with Crippen LogP contribution in [0.5, 0.6) is 0 Å². The van der Waals surface area contributed by atoms with Gasteiger partial charge in [-0.05, 0) is 44.9 Å². The number of esters is 1. The highest BCUT2D eigenvalue weighted by molar-refractivity contribution is 9.09. The number of aliphatic hydroxyl groups excluding tert-OH is 1. The Hall–Kier alpha value is -1.40. The molecule has 0 aromatic carbocycles. The summed E-state index contributed by atoms with van der Waals surface area (Å²) in [5.74, 6) is -1.66. The third-order valence-corrected chi connectivity index (χ3v) is 12.1. The zero-order valence-electron chi connectivity index (χ0n) is 24.1. The lowest BCUT2D eigenvalue weighted by atomic mass is 9.71. The van der Waals surface area contributed by atoms with Gasteiger partial charge in [-0.1, -0.05) is 28.1 Å². The molecule has 6 atom stereocenters. The molecule has 4 aliphatic rings. The van der Waals surface area contributed by atoms with E-state index in [9.17, 15) is 19.5 Å². The summed E-state index contributed by atoms with van der Waals surface area (Å²) in [6.07, 6.45) is 8.87. The Bertz CT molecular complexity index is 949. The Balaban J connectivity index is 1.57. The topological polar surface area (TPSA) is 99.6 Å². The molecule has 4 saturated heterocycles. The molecule has 1 spiro atoms. The smallest absolute Gasteiger partial charge is 0.310 e. The minimum atomic E-state index is -0.686. The Kier molecular flexibility index (Phi) is 12.2. The largest absolute Gasteiger partial charge is 0.465 e. The summed E-state index contributed by atoms with van der Waals surface area (Å²) >= 11 is 5.47. The van der Waals surface area contributed by atoms with Gasteiger partial charge in [0, 0.05) is 56.0 Å². The molecule has 4 aliphatic heterocycles. The van der Waals surface area contributed by atoms with Crippen LogP contribution in [0.3, 0.4) is 0 Å². The van der Waals surface area contributed by atoms with Crippen molar-refractivity contribution < 1.29 is 29.0 Å². The summed E-state index contributed by atoms with van der Waals surface area (Å²) in [7, 11) is 0. The predicted molar refractivity (Wildman–Crippen MR) is 164 cm³/mol. The number of aliphatic hydroxyl groups is 1. The molecular formula is C30H46BrN3O6S. The van der Waals surface area contributed by atoms with Gasteiger partial charge in [0.15, 0.2) is 0 Å². The molecule has 2 bridgehead atoms. The fourth-order valence-corrected chi connectivity index (χ4v) is 10.5. The van der Waals surface area contributed by atoms with Crippen molar-refractivity contribution in [2.75, 3.05) is 65.7 Å². The van der Waals surface area contributed by atoms with Crippen LogP contribution in [-0.2, 0) is 23.9 Å². The van der Waals surface area contributed by atoms with Crippen LogP contribution in [0, 0.1) is 11.8 Å². The van der Waals surface area contributed by atoms with Crippen LogP contribution in [0.4, 0.5) is 0 Å². The lowest BCUT2D eigenvalue weighted by Crippen LogP contribution is -2.56. The standard InChI is InChI=1S/C30H46BrN3O6S/c1-3-5-6-10-18-40-29(38)23-24-27(36)34(12-8-7-9-17-35)26(30(24)21-22(31)25(23)41-30)28(37)33(11-4-2)14-13-32-15-19-39-20-16-32/h3-4,22-26,35H,1-2,5-21H2/t22?,23-,24+,25-,26?,30?/m1/s1. The Morgan fingerprint density at radius 2 is 1.93 bits per heavy atom. The van der Waals surface area contributed by atoms with Gasteiger partial charge in [0.25, 0.3) is 0 Å². The lowest BCUT2D eigenvalue weighted by molar-refractivity contribution is -0.154. The number of ether oxygens (including phenoxy) is 2. The number of fused-ring (bicyclic) bond motifs is 1. The molecule has 0 radical (unpaired) electrons. The lowest BCUT2D eigenvalue weighted by Gasteiger charge is -2.38. The highest BCUT2D eigenvalue weighted by Gasteiger charge is 2.76. The number of halogens is 1. The number of hydrogen-bond donors (Lipinski definition) is 1. The fourth-order valence-electron chi connectivity index (χ4n) is 6.86. The first-order valence-corrected chi connectivity index (χ1v) is 16.9. The maximum absolute atomic E-state index is 14.5. The number of thioether (sulfide) groups is 1. The van der Waals surface area contributed by atoms with Crippen LogP contribution in [0.25, 0.3) is 0 Å². The molecule has 2 amide bonds. The molecule has 1 N–H and O–H groups in total. The first-order chi connectivity index (χ1) is 19.9. The normalized spacial score (nSPS) is 30.8. The molecule has 0 aliphatic carbocycles. The van der Waals surface area contributed by atoms with E-state index >= 15 is 0 Å². The zero-order chi connectivity index (χ0) is 29.4. The van der Waals surface area contributed by atoms with Crippen LogP contribution in [0.1, 0.15) is 44.9 Å². The molecule has 41 heavy (non-hydrogen) atoms.